The molecule has 1 saturated heterocycles. The molecule has 0 aliphatic carbocycles. The molecule has 10 heteroatoms. The molecule has 1 aromatic rings. The lowest BCUT2D eigenvalue weighted by Gasteiger charge is -2.24. The van der Waals surface area contributed by atoms with E-state index in [0.717, 1.165) is 25.9 Å². The number of sulfonamides is 1. The first-order valence-electron chi connectivity index (χ1n) is 11.2. The van der Waals surface area contributed by atoms with E-state index in [1.165, 1.54) is 18.6 Å². The summed E-state index contributed by atoms with van der Waals surface area (Å²) in [6.45, 7) is 9.13. The zero-order valence-corrected chi connectivity index (χ0v) is 20.1. The van der Waals surface area contributed by atoms with E-state index in [1.807, 2.05) is 18.9 Å². The van der Waals surface area contributed by atoms with Crippen LogP contribution in [0.15, 0.2) is 39.5 Å². The van der Waals surface area contributed by atoms with Gasteiger partial charge in [0.25, 0.3) is 0 Å². The van der Waals surface area contributed by atoms with E-state index in [1.54, 1.807) is 26.0 Å². The maximum Gasteiger partial charge on any atom is 0.241 e. The lowest BCUT2D eigenvalue weighted by atomic mass is 10.0. The maximum atomic E-state index is 12.9. The van der Waals surface area contributed by atoms with Gasteiger partial charge in [0, 0.05) is 13.1 Å². The van der Waals surface area contributed by atoms with Crippen LogP contribution < -0.4 is 10.0 Å². The van der Waals surface area contributed by atoms with Crippen molar-refractivity contribution in [3.63, 3.8) is 0 Å². The second kappa shape index (κ2) is 12.1. The molecule has 0 aromatic heterocycles. The Morgan fingerprint density at radius 3 is 2.25 bits per heavy atom. The van der Waals surface area contributed by atoms with Crippen molar-refractivity contribution in [3.05, 3.63) is 24.3 Å². The normalized spacial score (nSPS) is 17.0. The SMILES string of the molecule is CC(C)C[C@@H](C=O)NC(=O)[C@@H](NS(=O)(=O)c1ccc(N=NN2CCCCC2)cc1)C(C)C. The quantitative estimate of drug-likeness (QED) is 0.384. The summed E-state index contributed by atoms with van der Waals surface area (Å²) in [4.78, 5) is 24.0. The highest BCUT2D eigenvalue weighted by molar-refractivity contribution is 7.89. The highest BCUT2D eigenvalue weighted by Gasteiger charge is 2.29. The molecule has 1 aliphatic rings. The summed E-state index contributed by atoms with van der Waals surface area (Å²) in [5.74, 6) is -0.618. The topological polar surface area (TPSA) is 120 Å². The fraction of sp³-hybridized carbons (Fsp3) is 0.636. The third kappa shape index (κ3) is 7.98. The summed E-state index contributed by atoms with van der Waals surface area (Å²) >= 11 is 0. The summed E-state index contributed by atoms with van der Waals surface area (Å²) in [6.07, 6.45) is 4.56. The largest absolute Gasteiger partial charge is 0.345 e. The summed E-state index contributed by atoms with van der Waals surface area (Å²) in [5.41, 5.74) is 0.551. The second-order valence-corrected chi connectivity index (χ2v) is 10.6. The Morgan fingerprint density at radius 1 is 1.09 bits per heavy atom. The molecule has 1 amide bonds. The van der Waals surface area contributed by atoms with Crippen molar-refractivity contribution in [1.29, 1.82) is 0 Å². The number of carbonyl (C=O) groups excluding carboxylic acids is 2. The monoisotopic (exact) mass is 465 g/mol. The minimum atomic E-state index is -3.95. The number of aldehydes is 1. The Labute approximate surface area is 191 Å². The van der Waals surface area contributed by atoms with Gasteiger partial charge in [0.1, 0.15) is 12.3 Å². The van der Waals surface area contributed by atoms with Crippen LogP contribution >= 0.6 is 0 Å². The zero-order valence-electron chi connectivity index (χ0n) is 19.3. The number of nitrogens with one attached hydrogen (secondary N) is 2. The molecule has 1 fully saturated rings. The van der Waals surface area contributed by atoms with Crippen LogP contribution in [0.25, 0.3) is 0 Å². The first-order valence-corrected chi connectivity index (χ1v) is 12.7. The Balaban J connectivity index is 2.07. The van der Waals surface area contributed by atoms with Gasteiger partial charge in [0.2, 0.25) is 15.9 Å². The van der Waals surface area contributed by atoms with Crippen molar-refractivity contribution in [1.82, 2.24) is 15.0 Å². The predicted molar refractivity (Wildman–Crippen MR) is 123 cm³/mol. The predicted octanol–water partition coefficient (Wildman–Crippen LogP) is 3.20. The van der Waals surface area contributed by atoms with Gasteiger partial charge in [-0.05, 0) is 61.8 Å². The van der Waals surface area contributed by atoms with Gasteiger partial charge >= 0.3 is 0 Å². The molecule has 1 heterocycles. The van der Waals surface area contributed by atoms with Crippen LogP contribution in [0.5, 0.6) is 0 Å². The Kier molecular flexibility index (Phi) is 9.77. The van der Waals surface area contributed by atoms with Crippen LogP contribution in [-0.2, 0) is 19.6 Å². The van der Waals surface area contributed by atoms with Gasteiger partial charge < -0.3 is 10.1 Å². The third-order valence-corrected chi connectivity index (χ3v) is 6.67. The van der Waals surface area contributed by atoms with Crippen molar-refractivity contribution in [2.75, 3.05) is 13.1 Å². The molecule has 0 radical (unpaired) electrons. The van der Waals surface area contributed by atoms with E-state index in [4.69, 9.17) is 0 Å². The number of piperidine rings is 1. The minimum absolute atomic E-state index is 0.0296. The van der Waals surface area contributed by atoms with E-state index < -0.39 is 28.0 Å². The zero-order chi connectivity index (χ0) is 23.7. The van der Waals surface area contributed by atoms with Gasteiger partial charge in [-0.1, -0.05) is 32.9 Å². The van der Waals surface area contributed by atoms with Crippen LogP contribution in [0.4, 0.5) is 5.69 Å². The number of carbonyl (C=O) groups is 2. The van der Waals surface area contributed by atoms with E-state index in [-0.39, 0.29) is 16.7 Å². The van der Waals surface area contributed by atoms with Crippen LogP contribution in [0.2, 0.25) is 0 Å². The molecular weight excluding hydrogens is 430 g/mol. The lowest BCUT2D eigenvalue weighted by molar-refractivity contribution is -0.126. The first-order chi connectivity index (χ1) is 15.1. The fourth-order valence-electron chi connectivity index (χ4n) is 3.43. The van der Waals surface area contributed by atoms with Gasteiger partial charge in [-0.25, -0.2) is 8.42 Å². The number of hydrogen-bond acceptors (Lipinski definition) is 6. The highest BCUT2D eigenvalue weighted by Crippen LogP contribution is 2.19. The number of nitrogens with zero attached hydrogens (tertiary/aromatic N) is 3. The van der Waals surface area contributed by atoms with Gasteiger partial charge in [-0.15, -0.1) is 5.11 Å². The summed E-state index contributed by atoms with van der Waals surface area (Å²) in [6, 6.07) is 4.38. The average molecular weight is 466 g/mol. The van der Waals surface area contributed by atoms with Crippen LogP contribution in [-0.4, -0.2) is 50.8 Å². The number of amides is 1. The van der Waals surface area contributed by atoms with Crippen molar-refractivity contribution >= 4 is 27.9 Å². The Morgan fingerprint density at radius 2 is 1.72 bits per heavy atom. The van der Waals surface area contributed by atoms with E-state index >= 15 is 0 Å². The summed E-state index contributed by atoms with van der Waals surface area (Å²) in [7, 11) is -3.95. The number of rotatable bonds is 11. The number of hydrogen-bond donors (Lipinski definition) is 2. The molecule has 2 atom stereocenters. The second-order valence-electron chi connectivity index (χ2n) is 8.92. The fourth-order valence-corrected chi connectivity index (χ4v) is 4.77. The molecule has 2 N–H and O–H groups in total. The standard InChI is InChI=1S/C22H35N5O4S/c1-16(2)14-19(15-28)23-22(29)21(17(3)4)25-32(30,31)20-10-8-18(9-11-20)24-26-27-12-6-5-7-13-27/h8-11,15-17,19,21,25H,5-7,12-14H2,1-4H3,(H,23,29)/t19-,21-/m0/s1. The molecular formula is C22H35N5O4S. The summed E-state index contributed by atoms with van der Waals surface area (Å²) in [5, 5.41) is 12.9. The Hall–Kier alpha value is -2.33. The third-order valence-electron chi connectivity index (χ3n) is 5.21. The van der Waals surface area contributed by atoms with Crippen molar-refractivity contribution < 1.29 is 18.0 Å². The molecule has 1 aliphatic heterocycles. The molecule has 0 bridgehead atoms. The minimum Gasteiger partial charge on any atom is -0.345 e. The van der Waals surface area contributed by atoms with Crippen LogP contribution in [0.3, 0.4) is 0 Å². The molecule has 0 saturated carbocycles. The van der Waals surface area contributed by atoms with E-state index in [0.29, 0.717) is 18.4 Å². The molecule has 2 rings (SSSR count). The van der Waals surface area contributed by atoms with Crippen LogP contribution in [0, 0.1) is 11.8 Å². The lowest BCUT2D eigenvalue weighted by Crippen LogP contribution is -2.52. The van der Waals surface area contributed by atoms with Crippen molar-refractivity contribution in [2.24, 2.45) is 22.2 Å². The number of benzene rings is 1. The molecule has 0 unspecified atom stereocenters. The average Bonchev–Trinajstić information content (AvgIpc) is 2.76. The Bertz CT molecular complexity index is 878. The smallest absolute Gasteiger partial charge is 0.241 e. The summed E-state index contributed by atoms with van der Waals surface area (Å²) < 4.78 is 28.2. The maximum absolute atomic E-state index is 12.9. The van der Waals surface area contributed by atoms with Gasteiger partial charge in [-0.2, -0.15) is 4.72 Å². The van der Waals surface area contributed by atoms with Gasteiger partial charge in [0.05, 0.1) is 16.6 Å². The molecule has 1 aromatic carbocycles. The first kappa shape index (κ1) is 25.9. The molecule has 178 valence electrons. The van der Waals surface area contributed by atoms with Gasteiger partial charge in [0.15, 0.2) is 0 Å². The molecule has 0 spiro atoms. The van der Waals surface area contributed by atoms with Crippen molar-refractivity contribution in [2.45, 2.75) is 70.4 Å². The van der Waals surface area contributed by atoms with Crippen LogP contribution in [0.1, 0.15) is 53.4 Å². The highest BCUT2D eigenvalue weighted by atomic mass is 32.2. The van der Waals surface area contributed by atoms with Crippen molar-refractivity contribution in [3.8, 4) is 0 Å². The molecule has 32 heavy (non-hydrogen) atoms. The molecule has 9 nitrogen and oxygen atoms in total. The van der Waals surface area contributed by atoms with Gasteiger partial charge in [-0.3, -0.25) is 9.80 Å². The van der Waals surface area contributed by atoms with E-state index in [2.05, 4.69) is 20.4 Å². The van der Waals surface area contributed by atoms with E-state index in [9.17, 15) is 18.0 Å².